The molecule has 0 fully saturated rings. The zero-order valence-corrected chi connectivity index (χ0v) is 21.4. The van der Waals surface area contributed by atoms with Crippen molar-refractivity contribution in [1.82, 2.24) is 15.0 Å². The molecule has 2 atom stereocenters. The Hall–Kier alpha value is -3.31. The molecule has 1 amide bonds. The SMILES string of the molecule is CCOCC(=O)NS(=O)(=O)c1ccc(-c2ccc3c(c2)CC[C@H](CNC[C@H](O)c2cccnc2)O3)cc1. The Balaban J connectivity index is 1.33. The van der Waals surface area contributed by atoms with E-state index in [2.05, 4.69) is 16.4 Å². The van der Waals surface area contributed by atoms with Crippen LogP contribution in [0.15, 0.2) is 71.9 Å². The number of aliphatic hydroxyl groups is 1. The van der Waals surface area contributed by atoms with E-state index in [1.807, 2.05) is 22.9 Å². The lowest BCUT2D eigenvalue weighted by molar-refractivity contribution is -0.123. The van der Waals surface area contributed by atoms with Gasteiger partial charge >= 0.3 is 0 Å². The predicted octanol–water partition coefficient (Wildman–Crippen LogP) is 2.61. The van der Waals surface area contributed by atoms with E-state index >= 15 is 0 Å². The van der Waals surface area contributed by atoms with Gasteiger partial charge in [-0.3, -0.25) is 9.78 Å². The fraction of sp³-hybridized carbons (Fsp3) is 0.333. The molecule has 0 bridgehead atoms. The number of pyridine rings is 1. The van der Waals surface area contributed by atoms with Gasteiger partial charge in [0.05, 0.1) is 11.0 Å². The number of aromatic nitrogens is 1. The van der Waals surface area contributed by atoms with Crippen LogP contribution in [0.4, 0.5) is 0 Å². The van der Waals surface area contributed by atoms with E-state index in [1.165, 1.54) is 12.1 Å². The normalized spacial score (nSPS) is 15.9. The first kappa shape index (κ1) is 26.7. The van der Waals surface area contributed by atoms with Gasteiger partial charge in [-0.15, -0.1) is 0 Å². The Kier molecular flexibility index (Phi) is 8.88. The Morgan fingerprint density at radius 2 is 1.97 bits per heavy atom. The third-order valence-electron chi connectivity index (χ3n) is 6.05. The molecule has 0 aliphatic carbocycles. The highest BCUT2D eigenvalue weighted by atomic mass is 32.2. The molecule has 1 aliphatic rings. The van der Waals surface area contributed by atoms with Gasteiger partial charge in [0.2, 0.25) is 0 Å². The molecule has 0 saturated heterocycles. The fourth-order valence-electron chi connectivity index (χ4n) is 4.10. The lowest BCUT2D eigenvalue weighted by Crippen LogP contribution is -2.36. The van der Waals surface area contributed by atoms with Crippen LogP contribution in [0.1, 0.15) is 30.6 Å². The van der Waals surface area contributed by atoms with Crippen LogP contribution in [0.2, 0.25) is 0 Å². The minimum Gasteiger partial charge on any atom is -0.489 e. The van der Waals surface area contributed by atoms with Crippen molar-refractivity contribution in [3.05, 3.63) is 78.1 Å². The molecule has 1 aromatic heterocycles. The highest BCUT2D eigenvalue weighted by Gasteiger charge is 2.21. The predicted molar refractivity (Wildman–Crippen MR) is 139 cm³/mol. The van der Waals surface area contributed by atoms with E-state index in [0.29, 0.717) is 19.7 Å². The first-order valence-electron chi connectivity index (χ1n) is 12.2. The van der Waals surface area contributed by atoms with Crippen LogP contribution in [0, 0.1) is 0 Å². The molecule has 0 saturated carbocycles. The molecule has 10 heteroatoms. The van der Waals surface area contributed by atoms with Crippen LogP contribution in [0.3, 0.4) is 0 Å². The molecular weight excluding hydrogens is 494 g/mol. The van der Waals surface area contributed by atoms with Crippen LogP contribution in [0.5, 0.6) is 5.75 Å². The number of aryl methyl sites for hydroxylation is 1. The molecular formula is C27H31N3O6S. The summed E-state index contributed by atoms with van der Waals surface area (Å²) in [6.45, 7) is 2.77. The molecule has 9 nitrogen and oxygen atoms in total. The highest BCUT2D eigenvalue weighted by molar-refractivity contribution is 7.90. The Morgan fingerprint density at radius 3 is 2.70 bits per heavy atom. The average molecular weight is 526 g/mol. The van der Waals surface area contributed by atoms with Gasteiger partial charge in [-0.05, 0) is 66.8 Å². The van der Waals surface area contributed by atoms with Crippen LogP contribution in [-0.2, 0) is 26.0 Å². The number of hydrogen-bond donors (Lipinski definition) is 3. The molecule has 0 radical (unpaired) electrons. The van der Waals surface area contributed by atoms with Crippen molar-refractivity contribution in [2.75, 3.05) is 26.3 Å². The second-order valence-corrected chi connectivity index (χ2v) is 10.4. The van der Waals surface area contributed by atoms with E-state index in [0.717, 1.165) is 40.8 Å². The van der Waals surface area contributed by atoms with Crippen molar-refractivity contribution in [3.8, 4) is 16.9 Å². The van der Waals surface area contributed by atoms with Crippen molar-refractivity contribution in [1.29, 1.82) is 0 Å². The molecule has 0 spiro atoms. The van der Waals surface area contributed by atoms with E-state index in [4.69, 9.17) is 9.47 Å². The number of aliphatic hydroxyl groups excluding tert-OH is 1. The van der Waals surface area contributed by atoms with Crippen molar-refractivity contribution >= 4 is 15.9 Å². The summed E-state index contributed by atoms with van der Waals surface area (Å²) in [4.78, 5) is 15.8. The van der Waals surface area contributed by atoms with Gasteiger partial charge in [-0.2, -0.15) is 0 Å². The number of sulfonamides is 1. The molecule has 0 unspecified atom stereocenters. The first-order valence-corrected chi connectivity index (χ1v) is 13.7. The number of ether oxygens (including phenoxy) is 2. The average Bonchev–Trinajstić information content (AvgIpc) is 2.92. The monoisotopic (exact) mass is 525 g/mol. The maximum atomic E-state index is 12.4. The van der Waals surface area contributed by atoms with Crippen molar-refractivity contribution in [3.63, 3.8) is 0 Å². The summed E-state index contributed by atoms with van der Waals surface area (Å²) in [5, 5.41) is 13.6. The fourth-order valence-corrected chi connectivity index (χ4v) is 5.07. The Labute approximate surface area is 216 Å². The number of benzene rings is 2. The molecule has 196 valence electrons. The van der Waals surface area contributed by atoms with Gasteiger partial charge in [0.1, 0.15) is 18.5 Å². The van der Waals surface area contributed by atoms with E-state index in [-0.39, 0.29) is 17.6 Å². The molecule has 4 rings (SSSR count). The molecule has 2 heterocycles. The summed E-state index contributed by atoms with van der Waals surface area (Å²) in [5.41, 5.74) is 3.66. The van der Waals surface area contributed by atoms with E-state index < -0.39 is 22.0 Å². The van der Waals surface area contributed by atoms with E-state index in [9.17, 15) is 18.3 Å². The van der Waals surface area contributed by atoms with Crippen molar-refractivity contribution < 1.29 is 27.8 Å². The summed E-state index contributed by atoms with van der Waals surface area (Å²) >= 11 is 0. The van der Waals surface area contributed by atoms with Gasteiger partial charge in [-0.1, -0.05) is 24.3 Å². The number of carbonyl (C=O) groups excluding carboxylic acids is 1. The largest absolute Gasteiger partial charge is 0.489 e. The number of fused-ring (bicyclic) bond motifs is 1. The third-order valence-corrected chi connectivity index (χ3v) is 7.44. The van der Waals surface area contributed by atoms with Crippen molar-refractivity contribution in [2.24, 2.45) is 0 Å². The van der Waals surface area contributed by atoms with Crippen LogP contribution in [0.25, 0.3) is 11.1 Å². The van der Waals surface area contributed by atoms with Gasteiger partial charge in [-0.25, -0.2) is 13.1 Å². The minimum atomic E-state index is -3.96. The van der Waals surface area contributed by atoms with Gasteiger partial charge < -0.3 is 19.9 Å². The summed E-state index contributed by atoms with van der Waals surface area (Å²) < 4.78 is 38.0. The third kappa shape index (κ3) is 7.14. The molecule has 1 aliphatic heterocycles. The van der Waals surface area contributed by atoms with E-state index in [1.54, 1.807) is 37.5 Å². The summed E-state index contributed by atoms with van der Waals surface area (Å²) in [6, 6.07) is 16.0. The number of nitrogens with zero attached hydrogens (tertiary/aromatic N) is 1. The lowest BCUT2D eigenvalue weighted by atomic mass is 9.97. The molecule has 2 aromatic carbocycles. The summed E-state index contributed by atoms with van der Waals surface area (Å²) in [5.74, 6) is 0.115. The zero-order valence-electron chi connectivity index (χ0n) is 20.6. The second kappa shape index (κ2) is 12.3. The van der Waals surface area contributed by atoms with Gasteiger partial charge in [0.25, 0.3) is 15.9 Å². The number of rotatable bonds is 11. The molecule has 37 heavy (non-hydrogen) atoms. The number of hydrogen-bond acceptors (Lipinski definition) is 8. The molecule has 3 aromatic rings. The van der Waals surface area contributed by atoms with Crippen LogP contribution in [-0.4, -0.2) is 56.8 Å². The number of carbonyl (C=O) groups is 1. The van der Waals surface area contributed by atoms with Crippen LogP contribution < -0.4 is 14.8 Å². The van der Waals surface area contributed by atoms with Crippen LogP contribution >= 0.6 is 0 Å². The second-order valence-electron chi connectivity index (χ2n) is 8.75. The van der Waals surface area contributed by atoms with Gasteiger partial charge in [0.15, 0.2) is 0 Å². The number of nitrogens with one attached hydrogen (secondary N) is 2. The summed E-state index contributed by atoms with van der Waals surface area (Å²) in [7, 11) is -3.96. The number of amides is 1. The standard InChI is InChI=1S/C27H31N3O6S/c1-2-35-18-27(32)30-37(33,34)24-10-6-19(7-11-24)20-8-12-26-21(14-20)5-9-23(36-26)16-29-17-25(31)22-4-3-13-28-15-22/h3-4,6-8,10-15,23,25,29,31H,2,5,9,16-18H2,1H3,(H,30,32)/t23-,25+/m1/s1. The molecule has 3 N–H and O–H groups in total. The van der Waals surface area contributed by atoms with Crippen molar-refractivity contribution in [2.45, 2.75) is 36.9 Å². The maximum absolute atomic E-state index is 12.4. The minimum absolute atomic E-state index is 0.00174. The smallest absolute Gasteiger partial charge is 0.264 e. The maximum Gasteiger partial charge on any atom is 0.264 e. The lowest BCUT2D eigenvalue weighted by Gasteiger charge is -2.27. The highest BCUT2D eigenvalue weighted by Crippen LogP contribution is 2.32. The zero-order chi connectivity index (χ0) is 26.3. The summed E-state index contributed by atoms with van der Waals surface area (Å²) in [6.07, 6.45) is 4.40. The first-order chi connectivity index (χ1) is 17.9. The Morgan fingerprint density at radius 1 is 1.19 bits per heavy atom. The van der Waals surface area contributed by atoms with Gasteiger partial charge in [0, 0.05) is 37.7 Å². The topological polar surface area (TPSA) is 127 Å². The Bertz CT molecular complexity index is 1300. The quantitative estimate of drug-likeness (QED) is 0.349.